The molecule has 17 heavy (non-hydrogen) atoms. The van der Waals surface area contributed by atoms with E-state index in [9.17, 15) is 5.11 Å². The minimum atomic E-state index is -0.414. The van der Waals surface area contributed by atoms with Crippen molar-refractivity contribution in [2.45, 2.75) is 28.7 Å². The Morgan fingerprint density at radius 1 is 0.882 bits per heavy atom. The third-order valence-electron chi connectivity index (χ3n) is 3.34. The summed E-state index contributed by atoms with van der Waals surface area (Å²) in [7, 11) is 0. The van der Waals surface area contributed by atoms with Crippen molar-refractivity contribution < 1.29 is 5.11 Å². The largest absolute Gasteiger partial charge is 0.388 e. The average Bonchev–Trinajstić information content (AvgIpc) is 2.48. The molecule has 0 fully saturated rings. The highest BCUT2D eigenvalue weighted by Crippen LogP contribution is 2.45. The molecule has 1 nitrogen and oxygen atoms in total. The molecule has 0 saturated carbocycles. The Bertz CT molecular complexity index is 501. The van der Waals surface area contributed by atoms with Gasteiger partial charge in [-0.3, -0.25) is 0 Å². The van der Waals surface area contributed by atoms with Crippen LogP contribution in [-0.2, 0) is 0 Å². The van der Waals surface area contributed by atoms with E-state index in [-0.39, 0.29) is 5.92 Å². The first-order valence-electron chi connectivity index (χ1n) is 5.81. The van der Waals surface area contributed by atoms with E-state index in [1.54, 1.807) is 11.8 Å². The minimum Gasteiger partial charge on any atom is -0.388 e. The first kappa shape index (κ1) is 10.9. The van der Waals surface area contributed by atoms with Gasteiger partial charge in [-0.1, -0.05) is 55.1 Å². The Balaban J connectivity index is 2.20. The minimum absolute atomic E-state index is 0.141. The Labute approximate surface area is 105 Å². The zero-order chi connectivity index (χ0) is 11.8. The van der Waals surface area contributed by atoms with E-state index in [2.05, 4.69) is 31.2 Å². The van der Waals surface area contributed by atoms with Gasteiger partial charge in [0.25, 0.3) is 0 Å². The third kappa shape index (κ3) is 1.78. The van der Waals surface area contributed by atoms with E-state index in [0.29, 0.717) is 0 Å². The van der Waals surface area contributed by atoms with Crippen LogP contribution in [0.3, 0.4) is 0 Å². The van der Waals surface area contributed by atoms with E-state index in [1.165, 1.54) is 10.5 Å². The molecule has 1 heterocycles. The molecule has 0 aromatic heterocycles. The summed E-state index contributed by atoms with van der Waals surface area (Å²) in [5, 5.41) is 10.4. The molecule has 0 spiro atoms. The van der Waals surface area contributed by atoms with Crippen molar-refractivity contribution in [3.63, 3.8) is 0 Å². The zero-order valence-electron chi connectivity index (χ0n) is 9.63. The van der Waals surface area contributed by atoms with Gasteiger partial charge in [0.05, 0.1) is 6.10 Å². The van der Waals surface area contributed by atoms with Gasteiger partial charge in [-0.05, 0) is 23.3 Å². The molecule has 0 bridgehead atoms. The van der Waals surface area contributed by atoms with Crippen molar-refractivity contribution >= 4 is 11.8 Å². The smallest absolute Gasteiger partial charge is 0.0867 e. The van der Waals surface area contributed by atoms with E-state index in [4.69, 9.17) is 0 Å². The van der Waals surface area contributed by atoms with E-state index in [1.807, 2.05) is 24.3 Å². The molecule has 2 aromatic carbocycles. The maximum Gasteiger partial charge on any atom is 0.0867 e. The Kier molecular flexibility index (Phi) is 2.69. The maximum absolute atomic E-state index is 10.4. The highest BCUT2D eigenvalue weighted by atomic mass is 32.2. The topological polar surface area (TPSA) is 20.2 Å². The van der Waals surface area contributed by atoms with E-state index < -0.39 is 6.10 Å². The van der Waals surface area contributed by atoms with Crippen molar-refractivity contribution in [1.82, 2.24) is 0 Å². The number of aliphatic hydroxyl groups is 1. The van der Waals surface area contributed by atoms with Gasteiger partial charge in [-0.15, -0.1) is 0 Å². The molecule has 2 unspecified atom stereocenters. The molecular weight excluding hydrogens is 228 g/mol. The van der Waals surface area contributed by atoms with Crippen LogP contribution >= 0.6 is 11.8 Å². The molecule has 1 aliphatic heterocycles. The zero-order valence-corrected chi connectivity index (χ0v) is 10.4. The van der Waals surface area contributed by atoms with Gasteiger partial charge in [-0.25, -0.2) is 0 Å². The molecule has 2 heteroatoms. The van der Waals surface area contributed by atoms with Crippen LogP contribution in [0, 0.1) is 0 Å². The van der Waals surface area contributed by atoms with Gasteiger partial charge in [0.1, 0.15) is 0 Å². The van der Waals surface area contributed by atoms with Crippen molar-refractivity contribution in [3.8, 4) is 0 Å². The summed E-state index contributed by atoms with van der Waals surface area (Å²) in [6.45, 7) is 2.09. The molecule has 0 aliphatic carbocycles. The van der Waals surface area contributed by atoms with Gasteiger partial charge in [-0.2, -0.15) is 0 Å². The van der Waals surface area contributed by atoms with Gasteiger partial charge in [0, 0.05) is 15.7 Å². The predicted molar refractivity (Wildman–Crippen MR) is 70.4 cm³/mol. The highest BCUT2D eigenvalue weighted by molar-refractivity contribution is 7.99. The summed E-state index contributed by atoms with van der Waals surface area (Å²) < 4.78 is 0. The number of hydrogen-bond donors (Lipinski definition) is 1. The normalized spacial score (nSPS) is 22.5. The summed E-state index contributed by atoms with van der Waals surface area (Å²) in [5.41, 5.74) is 2.28. The second kappa shape index (κ2) is 4.21. The quantitative estimate of drug-likeness (QED) is 0.753. The molecule has 1 aliphatic rings. The van der Waals surface area contributed by atoms with Gasteiger partial charge < -0.3 is 5.11 Å². The van der Waals surface area contributed by atoms with Crippen molar-refractivity contribution in [2.24, 2.45) is 0 Å². The van der Waals surface area contributed by atoms with Crippen molar-refractivity contribution in [2.75, 3.05) is 0 Å². The van der Waals surface area contributed by atoms with Crippen molar-refractivity contribution in [1.29, 1.82) is 0 Å². The SMILES string of the molecule is CC1c2ccccc2Sc2ccccc2C1O. The number of aliphatic hydroxyl groups excluding tert-OH is 1. The molecular formula is C15H14OS. The van der Waals surface area contributed by atoms with Crippen molar-refractivity contribution in [3.05, 3.63) is 59.7 Å². The van der Waals surface area contributed by atoms with Crippen LogP contribution in [-0.4, -0.2) is 5.11 Å². The monoisotopic (exact) mass is 242 g/mol. The molecule has 0 radical (unpaired) electrons. The van der Waals surface area contributed by atoms with Gasteiger partial charge in [0.2, 0.25) is 0 Å². The van der Waals surface area contributed by atoms with Crippen LogP contribution in [0.25, 0.3) is 0 Å². The molecule has 2 aromatic rings. The lowest BCUT2D eigenvalue weighted by Gasteiger charge is -2.18. The van der Waals surface area contributed by atoms with E-state index >= 15 is 0 Å². The average molecular weight is 242 g/mol. The van der Waals surface area contributed by atoms with Gasteiger partial charge >= 0.3 is 0 Å². The number of benzene rings is 2. The predicted octanol–water partition coefficient (Wildman–Crippen LogP) is 3.99. The summed E-state index contributed by atoms with van der Waals surface area (Å²) >= 11 is 1.75. The molecule has 0 amide bonds. The lowest BCUT2D eigenvalue weighted by Crippen LogP contribution is -2.07. The van der Waals surface area contributed by atoms with Crippen LogP contribution in [0.2, 0.25) is 0 Å². The molecule has 1 N–H and O–H groups in total. The fourth-order valence-corrected chi connectivity index (χ4v) is 3.53. The van der Waals surface area contributed by atoms with Crippen LogP contribution in [0.15, 0.2) is 58.3 Å². The first-order valence-corrected chi connectivity index (χ1v) is 6.63. The first-order chi connectivity index (χ1) is 8.27. The summed E-state index contributed by atoms with van der Waals surface area (Å²) in [6, 6.07) is 16.5. The van der Waals surface area contributed by atoms with Gasteiger partial charge in [0.15, 0.2) is 0 Å². The highest BCUT2D eigenvalue weighted by Gasteiger charge is 2.26. The molecule has 2 atom stereocenters. The van der Waals surface area contributed by atoms with Crippen LogP contribution in [0.1, 0.15) is 30.1 Å². The molecule has 86 valence electrons. The van der Waals surface area contributed by atoms with E-state index in [0.717, 1.165) is 10.5 Å². The Morgan fingerprint density at radius 3 is 2.12 bits per heavy atom. The second-order valence-corrected chi connectivity index (χ2v) is 5.50. The second-order valence-electron chi connectivity index (χ2n) is 4.41. The molecule has 0 saturated heterocycles. The standard InChI is InChI=1S/C15H14OS/c1-10-11-6-2-4-8-13(11)17-14-9-5-3-7-12(14)15(10)16/h2-10,15-16H,1H3. The van der Waals surface area contributed by atoms with Crippen LogP contribution in [0.5, 0.6) is 0 Å². The molecule has 3 rings (SSSR count). The summed E-state index contributed by atoms with van der Waals surface area (Å²) in [5.74, 6) is 0.141. The Morgan fingerprint density at radius 2 is 1.41 bits per heavy atom. The number of fused-ring (bicyclic) bond motifs is 2. The van der Waals surface area contributed by atoms with Crippen LogP contribution < -0.4 is 0 Å². The fourth-order valence-electron chi connectivity index (χ4n) is 2.33. The maximum atomic E-state index is 10.4. The van der Waals surface area contributed by atoms with Crippen LogP contribution in [0.4, 0.5) is 0 Å². The Hall–Kier alpha value is -1.25. The lowest BCUT2D eigenvalue weighted by atomic mass is 9.91. The fraction of sp³-hybridized carbons (Fsp3) is 0.200. The number of rotatable bonds is 0. The summed E-state index contributed by atoms with van der Waals surface area (Å²) in [6.07, 6.45) is -0.414. The number of hydrogen-bond acceptors (Lipinski definition) is 2. The lowest BCUT2D eigenvalue weighted by molar-refractivity contribution is 0.148. The summed E-state index contributed by atoms with van der Waals surface area (Å²) in [4.78, 5) is 2.42. The third-order valence-corrected chi connectivity index (χ3v) is 4.52.